The van der Waals surface area contributed by atoms with E-state index in [1.165, 1.54) is 0 Å². The lowest BCUT2D eigenvalue weighted by Crippen LogP contribution is -2.29. The molecule has 6 heteroatoms. The van der Waals surface area contributed by atoms with Crippen LogP contribution in [-0.4, -0.2) is 18.6 Å². The molecule has 1 heterocycles. The van der Waals surface area contributed by atoms with Gasteiger partial charge in [-0.05, 0) is 59.5 Å². The molecule has 1 aliphatic heterocycles. The van der Waals surface area contributed by atoms with E-state index in [1.54, 1.807) is 11.0 Å². The molecule has 5 rings (SSSR count). The van der Waals surface area contributed by atoms with Gasteiger partial charge >= 0.3 is 0 Å². The van der Waals surface area contributed by atoms with Crippen LogP contribution in [0, 0.1) is 6.92 Å². The molecule has 1 aliphatic rings. The molecular formula is C33H30N2O4. The highest BCUT2D eigenvalue weighted by Crippen LogP contribution is 2.32. The maximum Gasteiger partial charge on any atom is 0.251 e. The lowest BCUT2D eigenvalue weighted by molar-refractivity contribution is -0.120. The fraction of sp³-hybridized carbons (Fsp3) is 0.152. The number of carbonyl (C=O) groups excluding carboxylic acids is 2. The normalized spacial score (nSPS) is 11.9. The highest BCUT2D eigenvalue weighted by molar-refractivity contribution is 6.03. The molecular weight excluding hydrogens is 488 g/mol. The van der Waals surface area contributed by atoms with Gasteiger partial charge in [0.15, 0.2) is 11.5 Å². The Hall–Kier alpha value is -4.84. The molecule has 0 saturated heterocycles. The summed E-state index contributed by atoms with van der Waals surface area (Å²) in [6.45, 7) is 3.10. The highest BCUT2D eigenvalue weighted by Gasteiger charge is 2.16. The van der Waals surface area contributed by atoms with Crippen molar-refractivity contribution in [2.45, 2.75) is 26.4 Å². The topological polar surface area (TPSA) is 67.9 Å². The van der Waals surface area contributed by atoms with Gasteiger partial charge < -0.3 is 19.7 Å². The Kier molecular flexibility index (Phi) is 8.03. The number of carbonyl (C=O) groups is 2. The molecule has 0 unspecified atom stereocenters. The number of hydrogen-bond acceptors (Lipinski definition) is 4. The van der Waals surface area contributed by atoms with Crippen molar-refractivity contribution < 1.29 is 19.1 Å². The first-order chi connectivity index (χ1) is 19.0. The zero-order valence-corrected chi connectivity index (χ0v) is 21.8. The van der Waals surface area contributed by atoms with Crippen molar-refractivity contribution in [2.24, 2.45) is 0 Å². The Morgan fingerprint density at radius 2 is 1.59 bits per heavy atom. The first-order valence-corrected chi connectivity index (χ1v) is 12.9. The van der Waals surface area contributed by atoms with Crippen molar-refractivity contribution in [3.05, 3.63) is 131 Å². The number of rotatable bonds is 9. The molecule has 196 valence electrons. The Balaban J connectivity index is 1.25. The van der Waals surface area contributed by atoms with E-state index < -0.39 is 0 Å². The fourth-order valence-electron chi connectivity index (χ4n) is 4.40. The van der Waals surface area contributed by atoms with Crippen LogP contribution in [0.1, 0.15) is 27.8 Å². The van der Waals surface area contributed by atoms with Gasteiger partial charge in [-0.25, -0.2) is 0 Å². The van der Waals surface area contributed by atoms with Gasteiger partial charge in [-0.1, -0.05) is 78.4 Å². The van der Waals surface area contributed by atoms with Crippen molar-refractivity contribution in [2.75, 3.05) is 11.7 Å². The standard InChI is InChI=1S/C33H30N2O4/c1-24-6-5-9-28(18-24)22-35(33(37)17-13-25-7-3-2-4-8-25)29-14-10-26(11-15-29)20-32(36)34-21-27-12-16-30-31(19-27)39-23-38-30/h2-19H,20-23H2,1H3,(H,34,36). The Bertz CT molecular complexity index is 1480. The van der Waals surface area contributed by atoms with Gasteiger partial charge in [0.1, 0.15) is 0 Å². The molecule has 1 N–H and O–H groups in total. The van der Waals surface area contributed by atoms with Crippen LogP contribution in [0.5, 0.6) is 11.5 Å². The van der Waals surface area contributed by atoms with Gasteiger partial charge in [-0.2, -0.15) is 0 Å². The molecule has 0 bridgehead atoms. The molecule has 0 atom stereocenters. The van der Waals surface area contributed by atoms with Crippen LogP contribution in [0.25, 0.3) is 6.08 Å². The van der Waals surface area contributed by atoms with Gasteiger partial charge in [0.25, 0.3) is 5.91 Å². The van der Waals surface area contributed by atoms with E-state index in [0.29, 0.717) is 18.8 Å². The van der Waals surface area contributed by atoms with Gasteiger partial charge in [0.05, 0.1) is 13.0 Å². The number of aryl methyl sites for hydroxylation is 1. The lowest BCUT2D eigenvalue weighted by Gasteiger charge is -2.22. The van der Waals surface area contributed by atoms with Crippen molar-refractivity contribution >= 4 is 23.6 Å². The van der Waals surface area contributed by atoms with Gasteiger partial charge in [0, 0.05) is 18.3 Å². The second-order valence-corrected chi connectivity index (χ2v) is 9.47. The molecule has 0 aliphatic carbocycles. The number of nitrogens with zero attached hydrogens (tertiary/aromatic N) is 1. The molecule has 0 radical (unpaired) electrons. The van der Waals surface area contributed by atoms with E-state index in [4.69, 9.17) is 9.47 Å². The number of ether oxygens (including phenoxy) is 2. The van der Waals surface area contributed by atoms with E-state index >= 15 is 0 Å². The third kappa shape index (κ3) is 6.93. The smallest absolute Gasteiger partial charge is 0.251 e. The first kappa shape index (κ1) is 25.8. The summed E-state index contributed by atoms with van der Waals surface area (Å²) in [5.74, 6) is 1.21. The summed E-state index contributed by atoms with van der Waals surface area (Å²) in [7, 11) is 0. The van der Waals surface area contributed by atoms with Crippen LogP contribution in [-0.2, 0) is 29.1 Å². The highest BCUT2D eigenvalue weighted by atomic mass is 16.7. The van der Waals surface area contributed by atoms with E-state index in [2.05, 4.69) is 11.4 Å². The first-order valence-electron chi connectivity index (χ1n) is 12.9. The Labute approximate surface area is 228 Å². The average Bonchev–Trinajstić information content (AvgIpc) is 3.43. The van der Waals surface area contributed by atoms with Crippen LogP contribution in [0.2, 0.25) is 0 Å². The van der Waals surface area contributed by atoms with Crippen molar-refractivity contribution in [1.29, 1.82) is 0 Å². The third-order valence-corrected chi connectivity index (χ3v) is 6.45. The maximum absolute atomic E-state index is 13.3. The van der Waals surface area contributed by atoms with Gasteiger partial charge in [0.2, 0.25) is 12.7 Å². The van der Waals surface area contributed by atoms with E-state index in [-0.39, 0.29) is 25.0 Å². The number of hydrogen-bond donors (Lipinski definition) is 1. The molecule has 0 saturated carbocycles. The molecule has 0 aromatic heterocycles. The van der Waals surface area contributed by atoms with Gasteiger partial charge in [-0.15, -0.1) is 0 Å². The maximum atomic E-state index is 13.3. The fourth-order valence-corrected chi connectivity index (χ4v) is 4.40. The van der Waals surface area contributed by atoms with Crippen LogP contribution in [0.4, 0.5) is 5.69 Å². The van der Waals surface area contributed by atoms with Crippen LogP contribution >= 0.6 is 0 Å². The lowest BCUT2D eigenvalue weighted by atomic mass is 10.1. The summed E-state index contributed by atoms with van der Waals surface area (Å²) in [5, 5.41) is 2.96. The minimum atomic E-state index is -0.116. The van der Waals surface area contributed by atoms with E-state index in [0.717, 1.165) is 39.3 Å². The Morgan fingerprint density at radius 3 is 2.38 bits per heavy atom. The summed E-state index contributed by atoms with van der Waals surface area (Å²) in [4.78, 5) is 27.7. The van der Waals surface area contributed by atoms with Crippen LogP contribution < -0.4 is 19.7 Å². The summed E-state index contributed by atoms with van der Waals surface area (Å²) in [6, 6.07) is 31.1. The molecule has 39 heavy (non-hydrogen) atoms. The van der Waals surface area contributed by atoms with E-state index in [1.807, 2.05) is 104 Å². The largest absolute Gasteiger partial charge is 0.454 e. The average molecular weight is 519 g/mol. The third-order valence-electron chi connectivity index (χ3n) is 6.45. The van der Waals surface area contributed by atoms with Crippen molar-refractivity contribution in [1.82, 2.24) is 5.32 Å². The summed E-state index contributed by atoms with van der Waals surface area (Å²) in [6.07, 6.45) is 3.66. The SMILES string of the molecule is Cc1cccc(CN(C(=O)C=Cc2ccccc2)c2ccc(CC(=O)NCc3ccc4c(c3)OCO4)cc2)c1. The summed E-state index contributed by atoms with van der Waals surface area (Å²) in [5.41, 5.74) is 5.72. The molecule has 4 aromatic rings. The van der Waals surface area contributed by atoms with E-state index in [9.17, 15) is 9.59 Å². The predicted molar refractivity (Wildman–Crippen MR) is 152 cm³/mol. The molecule has 4 aromatic carbocycles. The van der Waals surface area contributed by atoms with Gasteiger partial charge in [-0.3, -0.25) is 9.59 Å². The molecule has 2 amide bonds. The number of nitrogens with one attached hydrogen (secondary N) is 1. The molecule has 0 fully saturated rings. The second kappa shape index (κ2) is 12.1. The molecule has 6 nitrogen and oxygen atoms in total. The Morgan fingerprint density at radius 1 is 0.821 bits per heavy atom. The number of amides is 2. The second-order valence-electron chi connectivity index (χ2n) is 9.47. The van der Waals surface area contributed by atoms with Crippen LogP contribution in [0.3, 0.4) is 0 Å². The number of fused-ring (bicyclic) bond motifs is 1. The monoisotopic (exact) mass is 518 g/mol. The molecule has 0 spiro atoms. The number of anilines is 1. The summed E-state index contributed by atoms with van der Waals surface area (Å²) < 4.78 is 10.7. The minimum absolute atomic E-state index is 0.0843. The minimum Gasteiger partial charge on any atom is -0.454 e. The zero-order valence-electron chi connectivity index (χ0n) is 21.8. The van der Waals surface area contributed by atoms with Crippen molar-refractivity contribution in [3.63, 3.8) is 0 Å². The van der Waals surface area contributed by atoms with Crippen molar-refractivity contribution in [3.8, 4) is 11.5 Å². The quantitative estimate of drug-likeness (QED) is 0.283. The zero-order chi connectivity index (χ0) is 27.0. The van der Waals surface area contributed by atoms with Crippen LogP contribution in [0.15, 0.2) is 103 Å². The number of benzene rings is 4. The summed E-state index contributed by atoms with van der Waals surface area (Å²) >= 11 is 0. The predicted octanol–water partition coefficient (Wildman–Crippen LogP) is 5.83.